The Morgan fingerprint density at radius 1 is 1.12 bits per heavy atom. The first kappa shape index (κ1) is 21.1. The molecule has 0 spiro atoms. The van der Waals surface area contributed by atoms with Crippen LogP contribution in [0.5, 0.6) is 0 Å². The molecule has 1 aromatic carbocycles. The summed E-state index contributed by atoms with van der Waals surface area (Å²) in [5.41, 5.74) is 1.50. The SMILES string of the molecule is CN=C(NCCCCN1CCC(Cc2ccccc2)CC1)NCCSC. The van der Waals surface area contributed by atoms with Crippen molar-refractivity contribution in [2.75, 3.05) is 51.8 Å². The fourth-order valence-electron chi connectivity index (χ4n) is 3.52. The smallest absolute Gasteiger partial charge is 0.191 e. The molecule has 0 unspecified atom stereocenters. The molecule has 0 atom stereocenters. The van der Waals surface area contributed by atoms with E-state index in [-0.39, 0.29) is 0 Å². The molecule has 26 heavy (non-hydrogen) atoms. The summed E-state index contributed by atoms with van der Waals surface area (Å²) >= 11 is 1.85. The molecule has 5 heteroatoms. The van der Waals surface area contributed by atoms with E-state index in [1.807, 2.05) is 18.8 Å². The second kappa shape index (κ2) is 13.0. The predicted molar refractivity (Wildman–Crippen MR) is 116 cm³/mol. The molecule has 2 rings (SSSR count). The van der Waals surface area contributed by atoms with Crippen LogP contribution in [0.25, 0.3) is 0 Å². The van der Waals surface area contributed by atoms with Gasteiger partial charge in [0.05, 0.1) is 0 Å². The Bertz CT molecular complexity index is 498. The lowest BCUT2D eigenvalue weighted by Gasteiger charge is -2.32. The standard InChI is InChI=1S/C21H36N4S/c1-22-21(24-13-17-26-2)23-12-6-7-14-25-15-10-20(11-16-25)18-19-8-4-3-5-9-19/h3-5,8-9,20H,6-7,10-18H2,1-2H3,(H2,22,23,24). The van der Waals surface area contributed by atoms with Crippen molar-refractivity contribution in [1.82, 2.24) is 15.5 Å². The van der Waals surface area contributed by atoms with Gasteiger partial charge in [-0.25, -0.2) is 0 Å². The molecular formula is C21H36N4S. The lowest BCUT2D eigenvalue weighted by molar-refractivity contribution is 0.181. The van der Waals surface area contributed by atoms with E-state index in [9.17, 15) is 0 Å². The molecular weight excluding hydrogens is 340 g/mol. The summed E-state index contributed by atoms with van der Waals surface area (Å²) in [5.74, 6) is 2.91. The van der Waals surface area contributed by atoms with Crippen molar-refractivity contribution < 1.29 is 0 Å². The second-order valence-corrected chi connectivity index (χ2v) is 8.09. The van der Waals surface area contributed by atoms with Crippen molar-refractivity contribution in [1.29, 1.82) is 0 Å². The molecule has 0 amide bonds. The van der Waals surface area contributed by atoms with Crippen LogP contribution in [0.4, 0.5) is 0 Å². The number of aliphatic imine (C=N–C) groups is 1. The predicted octanol–water partition coefficient (Wildman–Crippen LogP) is 3.25. The van der Waals surface area contributed by atoms with Crippen LogP contribution in [0.1, 0.15) is 31.2 Å². The number of piperidine rings is 1. The zero-order valence-corrected chi connectivity index (χ0v) is 17.4. The van der Waals surface area contributed by atoms with Crippen molar-refractivity contribution in [3.8, 4) is 0 Å². The third-order valence-corrected chi connectivity index (χ3v) is 5.70. The van der Waals surface area contributed by atoms with E-state index >= 15 is 0 Å². The molecule has 0 radical (unpaired) electrons. The van der Waals surface area contributed by atoms with Gasteiger partial charge in [-0.2, -0.15) is 11.8 Å². The zero-order chi connectivity index (χ0) is 18.5. The summed E-state index contributed by atoms with van der Waals surface area (Å²) in [4.78, 5) is 6.91. The first-order valence-electron chi connectivity index (χ1n) is 10.0. The van der Waals surface area contributed by atoms with Crippen molar-refractivity contribution in [2.45, 2.75) is 32.1 Å². The Kier molecular flexibility index (Phi) is 10.6. The highest BCUT2D eigenvalue weighted by atomic mass is 32.2. The number of unbranched alkanes of at least 4 members (excludes halogenated alkanes) is 1. The molecule has 1 aromatic rings. The van der Waals surface area contributed by atoms with Crippen LogP contribution in [0.3, 0.4) is 0 Å². The number of nitrogens with one attached hydrogen (secondary N) is 2. The van der Waals surface area contributed by atoms with Gasteiger partial charge in [-0.3, -0.25) is 4.99 Å². The van der Waals surface area contributed by atoms with Gasteiger partial charge >= 0.3 is 0 Å². The molecule has 1 saturated heterocycles. The van der Waals surface area contributed by atoms with E-state index in [0.29, 0.717) is 0 Å². The van der Waals surface area contributed by atoms with Gasteiger partial charge in [-0.15, -0.1) is 0 Å². The maximum absolute atomic E-state index is 4.26. The van der Waals surface area contributed by atoms with E-state index in [1.54, 1.807) is 0 Å². The average Bonchev–Trinajstić information content (AvgIpc) is 2.68. The molecule has 1 heterocycles. The molecule has 146 valence electrons. The highest BCUT2D eigenvalue weighted by molar-refractivity contribution is 7.98. The van der Waals surface area contributed by atoms with Gasteiger partial charge < -0.3 is 15.5 Å². The molecule has 0 saturated carbocycles. The molecule has 0 bridgehead atoms. The average molecular weight is 377 g/mol. The first-order chi connectivity index (χ1) is 12.8. The van der Waals surface area contributed by atoms with Gasteiger partial charge in [-0.05, 0) is 69.5 Å². The summed E-state index contributed by atoms with van der Waals surface area (Å²) < 4.78 is 0. The van der Waals surface area contributed by atoms with Crippen LogP contribution >= 0.6 is 11.8 Å². The minimum atomic E-state index is 0.867. The van der Waals surface area contributed by atoms with Crippen LogP contribution in [0, 0.1) is 5.92 Å². The number of likely N-dealkylation sites (tertiary alicyclic amines) is 1. The third-order valence-electron chi connectivity index (χ3n) is 5.09. The largest absolute Gasteiger partial charge is 0.356 e. The molecule has 4 nitrogen and oxygen atoms in total. The normalized spacial score (nSPS) is 16.6. The van der Waals surface area contributed by atoms with Crippen molar-refractivity contribution >= 4 is 17.7 Å². The minimum absolute atomic E-state index is 0.867. The summed E-state index contributed by atoms with van der Waals surface area (Å²) in [6.07, 6.45) is 8.53. The van der Waals surface area contributed by atoms with E-state index in [4.69, 9.17) is 0 Å². The number of thioether (sulfide) groups is 1. The van der Waals surface area contributed by atoms with Crippen molar-refractivity contribution in [2.24, 2.45) is 10.9 Å². The summed E-state index contributed by atoms with van der Waals surface area (Å²) in [6.45, 7) is 5.74. The van der Waals surface area contributed by atoms with Crippen LogP contribution in [-0.2, 0) is 6.42 Å². The number of hydrogen-bond acceptors (Lipinski definition) is 3. The Labute approximate surface area is 164 Å². The monoisotopic (exact) mass is 376 g/mol. The van der Waals surface area contributed by atoms with Gasteiger partial charge in [0, 0.05) is 25.9 Å². The number of nitrogens with zero attached hydrogens (tertiary/aromatic N) is 2. The quantitative estimate of drug-likeness (QED) is 0.374. The van der Waals surface area contributed by atoms with Gasteiger partial charge in [0.25, 0.3) is 0 Å². The minimum Gasteiger partial charge on any atom is -0.356 e. The lowest BCUT2D eigenvalue weighted by atomic mass is 9.90. The Balaban J connectivity index is 1.51. The van der Waals surface area contributed by atoms with Gasteiger partial charge in [0.1, 0.15) is 0 Å². The fourth-order valence-corrected chi connectivity index (χ4v) is 3.83. The van der Waals surface area contributed by atoms with Crippen LogP contribution in [-0.4, -0.2) is 62.6 Å². The molecule has 0 aromatic heterocycles. The number of benzene rings is 1. The second-order valence-electron chi connectivity index (χ2n) is 7.10. The van der Waals surface area contributed by atoms with Crippen LogP contribution < -0.4 is 10.6 Å². The highest BCUT2D eigenvalue weighted by Crippen LogP contribution is 2.21. The van der Waals surface area contributed by atoms with E-state index in [2.05, 4.69) is 57.1 Å². The Hall–Kier alpha value is -1.20. The van der Waals surface area contributed by atoms with Crippen molar-refractivity contribution in [3.63, 3.8) is 0 Å². The van der Waals surface area contributed by atoms with E-state index in [1.165, 1.54) is 57.3 Å². The van der Waals surface area contributed by atoms with Gasteiger partial charge in [0.2, 0.25) is 0 Å². The molecule has 2 N–H and O–H groups in total. The molecule has 0 aliphatic carbocycles. The fraction of sp³-hybridized carbons (Fsp3) is 0.667. The Morgan fingerprint density at radius 3 is 2.54 bits per heavy atom. The highest BCUT2D eigenvalue weighted by Gasteiger charge is 2.18. The number of guanidine groups is 1. The summed E-state index contributed by atoms with van der Waals surface area (Å²) in [7, 11) is 1.84. The van der Waals surface area contributed by atoms with Crippen LogP contribution in [0.2, 0.25) is 0 Å². The maximum Gasteiger partial charge on any atom is 0.191 e. The third kappa shape index (κ3) is 8.45. The topological polar surface area (TPSA) is 39.7 Å². The molecule has 1 fully saturated rings. The maximum atomic E-state index is 4.26. The van der Waals surface area contributed by atoms with Gasteiger partial charge in [0.15, 0.2) is 5.96 Å². The zero-order valence-electron chi connectivity index (χ0n) is 16.5. The summed E-state index contributed by atoms with van der Waals surface area (Å²) in [5, 5.41) is 6.75. The Morgan fingerprint density at radius 2 is 1.85 bits per heavy atom. The van der Waals surface area contributed by atoms with Crippen LogP contribution in [0.15, 0.2) is 35.3 Å². The van der Waals surface area contributed by atoms with E-state index < -0.39 is 0 Å². The van der Waals surface area contributed by atoms with E-state index in [0.717, 1.165) is 30.7 Å². The lowest BCUT2D eigenvalue weighted by Crippen LogP contribution is -2.39. The van der Waals surface area contributed by atoms with Gasteiger partial charge in [-0.1, -0.05) is 30.3 Å². The molecule has 1 aliphatic rings. The van der Waals surface area contributed by atoms with Crippen molar-refractivity contribution in [3.05, 3.63) is 35.9 Å². The number of rotatable bonds is 10. The molecule has 1 aliphatic heterocycles. The number of hydrogen-bond donors (Lipinski definition) is 2. The first-order valence-corrected chi connectivity index (χ1v) is 11.4. The summed E-state index contributed by atoms with van der Waals surface area (Å²) in [6, 6.07) is 11.0.